The number of nitrogens with two attached hydrogens (primary N) is 1. The van der Waals surface area contributed by atoms with Crippen LogP contribution in [-0.2, 0) is 17.8 Å². The van der Waals surface area contributed by atoms with Gasteiger partial charge in [0.2, 0.25) is 5.91 Å². The fraction of sp³-hybridized carbons (Fsp3) is 0.158. The number of amides is 2. The van der Waals surface area contributed by atoms with Crippen LogP contribution in [-0.4, -0.2) is 32.7 Å². The second kappa shape index (κ2) is 5.98. The zero-order valence-corrected chi connectivity index (χ0v) is 13.4. The van der Waals surface area contributed by atoms with Crippen LogP contribution in [0.15, 0.2) is 54.7 Å². The number of carbonyl (C=O) groups is 2. The van der Waals surface area contributed by atoms with E-state index in [-0.39, 0.29) is 11.6 Å². The molecule has 2 amide bonds. The highest BCUT2D eigenvalue weighted by atomic mass is 16.2. The third kappa shape index (κ3) is 2.71. The van der Waals surface area contributed by atoms with Crippen LogP contribution in [0.4, 0.5) is 0 Å². The summed E-state index contributed by atoms with van der Waals surface area (Å²) in [6, 6.07) is 14.4. The first-order chi connectivity index (χ1) is 12.1. The van der Waals surface area contributed by atoms with Crippen LogP contribution in [0.25, 0.3) is 11.0 Å². The number of hydrogen-bond donors (Lipinski definition) is 1. The standard InChI is InChI=1S/C19H16N4O2/c20-18(24)17-9-12-5-1-2-6-13(12)11-23(17)19(25)16-10-21-14-7-3-4-8-15(14)22-16/h1-8,10,17H,9,11H2,(H2,20,24)/t17-/m0/s1. The number of aromatic nitrogens is 2. The van der Waals surface area contributed by atoms with Gasteiger partial charge < -0.3 is 10.6 Å². The first-order valence-electron chi connectivity index (χ1n) is 8.02. The first-order valence-corrected chi connectivity index (χ1v) is 8.02. The smallest absolute Gasteiger partial charge is 0.275 e. The molecule has 1 aliphatic heterocycles. The number of rotatable bonds is 2. The molecule has 2 heterocycles. The maximum absolute atomic E-state index is 13.0. The lowest BCUT2D eigenvalue weighted by Gasteiger charge is -2.34. The highest BCUT2D eigenvalue weighted by molar-refractivity contribution is 5.97. The Morgan fingerprint density at radius 1 is 1.00 bits per heavy atom. The zero-order valence-electron chi connectivity index (χ0n) is 13.4. The minimum Gasteiger partial charge on any atom is -0.368 e. The lowest BCUT2D eigenvalue weighted by molar-refractivity contribution is -0.122. The lowest BCUT2D eigenvalue weighted by atomic mass is 9.93. The highest BCUT2D eigenvalue weighted by Crippen LogP contribution is 2.24. The Hall–Kier alpha value is -3.28. The molecule has 0 bridgehead atoms. The van der Waals surface area contributed by atoms with Crippen LogP contribution in [0, 0.1) is 0 Å². The van der Waals surface area contributed by atoms with E-state index in [9.17, 15) is 9.59 Å². The molecule has 2 aromatic carbocycles. The monoisotopic (exact) mass is 332 g/mol. The van der Waals surface area contributed by atoms with Crippen molar-refractivity contribution in [1.29, 1.82) is 0 Å². The Labute approximate surface area is 144 Å². The topological polar surface area (TPSA) is 89.2 Å². The lowest BCUT2D eigenvalue weighted by Crippen LogP contribution is -2.51. The maximum Gasteiger partial charge on any atom is 0.275 e. The van der Waals surface area contributed by atoms with Gasteiger partial charge in [-0.05, 0) is 23.3 Å². The van der Waals surface area contributed by atoms with Crippen LogP contribution < -0.4 is 5.73 Å². The van der Waals surface area contributed by atoms with Crippen molar-refractivity contribution in [2.24, 2.45) is 5.73 Å². The molecule has 1 aliphatic rings. The van der Waals surface area contributed by atoms with Gasteiger partial charge >= 0.3 is 0 Å². The largest absolute Gasteiger partial charge is 0.368 e. The minimum atomic E-state index is -0.685. The molecule has 2 N–H and O–H groups in total. The SMILES string of the molecule is NC(=O)[C@@H]1Cc2ccccc2CN1C(=O)c1cnc2ccccc2n1. The van der Waals surface area contributed by atoms with E-state index in [1.165, 1.54) is 11.1 Å². The van der Waals surface area contributed by atoms with Gasteiger partial charge in [0.15, 0.2) is 0 Å². The van der Waals surface area contributed by atoms with Crippen LogP contribution in [0.2, 0.25) is 0 Å². The Morgan fingerprint density at radius 2 is 1.68 bits per heavy atom. The highest BCUT2D eigenvalue weighted by Gasteiger charge is 2.34. The molecule has 3 aromatic rings. The number of fused-ring (bicyclic) bond motifs is 2. The molecule has 25 heavy (non-hydrogen) atoms. The van der Waals surface area contributed by atoms with Gasteiger partial charge in [0, 0.05) is 13.0 Å². The summed E-state index contributed by atoms with van der Waals surface area (Å²) in [4.78, 5) is 35.1. The molecular weight excluding hydrogens is 316 g/mol. The third-order valence-electron chi connectivity index (χ3n) is 4.51. The fourth-order valence-corrected chi connectivity index (χ4v) is 3.20. The fourth-order valence-electron chi connectivity index (χ4n) is 3.20. The van der Waals surface area contributed by atoms with Gasteiger partial charge in [0.25, 0.3) is 5.91 Å². The normalized spacial score (nSPS) is 16.5. The van der Waals surface area contributed by atoms with Crippen molar-refractivity contribution in [1.82, 2.24) is 14.9 Å². The average molecular weight is 332 g/mol. The van der Waals surface area contributed by atoms with Crippen molar-refractivity contribution in [3.8, 4) is 0 Å². The molecule has 0 fully saturated rings. The molecule has 0 radical (unpaired) electrons. The molecule has 0 saturated carbocycles. The quantitative estimate of drug-likeness (QED) is 0.773. The number of benzene rings is 2. The summed E-state index contributed by atoms with van der Waals surface area (Å²) in [5.74, 6) is -0.854. The van der Waals surface area contributed by atoms with E-state index >= 15 is 0 Å². The van der Waals surface area contributed by atoms with Crippen LogP contribution in [0.1, 0.15) is 21.6 Å². The maximum atomic E-state index is 13.0. The van der Waals surface area contributed by atoms with E-state index in [0.717, 1.165) is 16.6 Å². The summed E-state index contributed by atoms with van der Waals surface area (Å²) in [7, 11) is 0. The van der Waals surface area contributed by atoms with Gasteiger partial charge in [-0.1, -0.05) is 36.4 Å². The zero-order chi connectivity index (χ0) is 17.4. The van der Waals surface area contributed by atoms with Crippen LogP contribution in [0.3, 0.4) is 0 Å². The van der Waals surface area contributed by atoms with E-state index in [1.807, 2.05) is 42.5 Å². The number of carbonyl (C=O) groups excluding carboxylic acids is 2. The molecule has 6 nitrogen and oxygen atoms in total. The summed E-state index contributed by atoms with van der Waals surface area (Å²) in [5.41, 5.74) is 9.18. The molecule has 1 aromatic heterocycles. The number of nitrogens with zero attached hydrogens (tertiary/aromatic N) is 3. The van der Waals surface area contributed by atoms with Gasteiger partial charge in [-0.15, -0.1) is 0 Å². The molecular formula is C19H16N4O2. The Kier molecular flexibility index (Phi) is 3.65. The summed E-state index contributed by atoms with van der Waals surface area (Å²) in [5, 5.41) is 0. The van der Waals surface area contributed by atoms with E-state index in [0.29, 0.717) is 18.5 Å². The van der Waals surface area contributed by atoms with E-state index in [1.54, 1.807) is 6.07 Å². The van der Waals surface area contributed by atoms with Crippen molar-refractivity contribution in [2.75, 3.05) is 0 Å². The molecule has 4 rings (SSSR count). The van der Waals surface area contributed by atoms with Gasteiger partial charge in [0.1, 0.15) is 11.7 Å². The van der Waals surface area contributed by atoms with Crippen LogP contribution in [0.5, 0.6) is 0 Å². The summed E-state index contributed by atoms with van der Waals surface area (Å²) in [6.07, 6.45) is 1.86. The van der Waals surface area contributed by atoms with Crippen molar-refractivity contribution in [3.63, 3.8) is 0 Å². The molecule has 0 saturated heterocycles. The Bertz CT molecular complexity index is 986. The van der Waals surface area contributed by atoms with Crippen molar-refractivity contribution < 1.29 is 9.59 Å². The molecule has 0 spiro atoms. The summed E-state index contributed by atoms with van der Waals surface area (Å²) < 4.78 is 0. The van der Waals surface area contributed by atoms with E-state index < -0.39 is 11.9 Å². The predicted molar refractivity (Wildman–Crippen MR) is 92.5 cm³/mol. The van der Waals surface area contributed by atoms with Crippen LogP contribution >= 0.6 is 0 Å². The van der Waals surface area contributed by atoms with Gasteiger partial charge in [-0.3, -0.25) is 14.6 Å². The molecule has 0 aliphatic carbocycles. The Morgan fingerprint density at radius 3 is 2.44 bits per heavy atom. The van der Waals surface area contributed by atoms with Gasteiger partial charge in [-0.2, -0.15) is 0 Å². The van der Waals surface area contributed by atoms with Crippen molar-refractivity contribution >= 4 is 22.8 Å². The molecule has 6 heteroatoms. The van der Waals surface area contributed by atoms with E-state index in [4.69, 9.17) is 5.73 Å². The van der Waals surface area contributed by atoms with Gasteiger partial charge in [0.05, 0.1) is 17.2 Å². The summed E-state index contributed by atoms with van der Waals surface area (Å²) >= 11 is 0. The van der Waals surface area contributed by atoms with Gasteiger partial charge in [-0.25, -0.2) is 4.98 Å². The molecule has 0 unspecified atom stereocenters. The first kappa shape index (κ1) is 15.3. The Balaban J connectivity index is 1.72. The van der Waals surface area contributed by atoms with E-state index in [2.05, 4.69) is 9.97 Å². The second-order valence-electron chi connectivity index (χ2n) is 6.07. The number of hydrogen-bond acceptors (Lipinski definition) is 4. The number of primary amides is 1. The minimum absolute atomic E-state index is 0.212. The summed E-state index contributed by atoms with van der Waals surface area (Å²) in [6.45, 7) is 0.330. The van der Waals surface area contributed by atoms with Crippen molar-refractivity contribution in [3.05, 3.63) is 71.5 Å². The predicted octanol–water partition coefficient (Wildman–Crippen LogP) is 1.68. The molecule has 1 atom stereocenters. The molecule has 124 valence electrons. The van der Waals surface area contributed by atoms with Crippen molar-refractivity contribution in [2.45, 2.75) is 19.0 Å². The third-order valence-corrected chi connectivity index (χ3v) is 4.51. The average Bonchev–Trinajstić information content (AvgIpc) is 2.66. The second-order valence-corrected chi connectivity index (χ2v) is 6.07. The number of para-hydroxylation sites is 2.